The van der Waals surface area contributed by atoms with Crippen molar-refractivity contribution in [2.24, 2.45) is 5.14 Å². The van der Waals surface area contributed by atoms with E-state index in [0.29, 0.717) is 37.3 Å². The molecule has 5 aromatic rings. The monoisotopic (exact) mass is 750 g/mol. The molecule has 3 aromatic heterocycles. The molecule has 0 bridgehead atoms. The summed E-state index contributed by atoms with van der Waals surface area (Å²) in [6, 6.07) is 15.3. The van der Waals surface area contributed by atoms with Gasteiger partial charge < -0.3 is 50.5 Å². The van der Waals surface area contributed by atoms with Gasteiger partial charge in [-0.3, -0.25) is 4.57 Å². The van der Waals surface area contributed by atoms with Crippen LogP contribution in [0.25, 0.3) is 11.2 Å². The molecule has 9 N–H and O–H groups in total. The molecule has 2 aliphatic heterocycles. The molecule has 2 aliphatic rings. The van der Waals surface area contributed by atoms with Gasteiger partial charge in [-0.2, -0.15) is 9.97 Å². The average Bonchev–Trinajstić information content (AvgIpc) is 3.95. The van der Waals surface area contributed by atoms with Gasteiger partial charge in [0.1, 0.15) is 24.0 Å². The molecule has 6 atom stereocenters. The fourth-order valence-electron chi connectivity index (χ4n) is 6.41. The summed E-state index contributed by atoms with van der Waals surface area (Å²) in [5.41, 5.74) is 2.03. The minimum atomic E-state index is -3.96. The number of urea groups is 1. The number of benzene rings is 2. The van der Waals surface area contributed by atoms with Gasteiger partial charge in [-0.1, -0.05) is 41.6 Å². The number of amides is 2. The van der Waals surface area contributed by atoms with E-state index >= 15 is 0 Å². The maximum absolute atomic E-state index is 12.9. The number of hydrogen-bond acceptors (Lipinski definition) is 15. The van der Waals surface area contributed by atoms with Crippen molar-refractivity contribution in [2.75, 3.05) is 35.2 Å². The quantitative estimate of drug-likeness (QED) is 0.0855. The van der Waals surface area contributed by atoms with Crippen LogP contribution in [0.1, 0.15) is 35.8 Å². The summed E-state index contributed by atoms with van der Waals surface area (Å²) >= 11 is 0. The average molecular weight is 751 g/mol. The lowest BCUT2D eigenvalue weighted by Gasteiger charge is -2.22. The zero-order valence-electron chi connectivity index (χ0n) is 28.1. The zero-order valence-corrected chi connectivity index (χ0v) is 28.9. The second-order valence-electron chi connectivity index (χ2n) is 12.8. The van der Waals surface area contributed by atoms with Crippen LogP contribution >= 0.6 is 0 Å². The fourth-order valence-corrected chi connectivity index (χ4v) is 6.97. The molecule has 0 radical (unpaired) electrons. The largest absolute Gasteiger partial charge is 0.394 e. The standard InChI is InChI=1S/C33H38N10O9S/c34-53(49,50)23-8-4-7-19(12-23)37-33(48)38-20-9-10-42(14-20)32-39-29(36-21(15-44)11-18-5-2-1-3-6-18)25-30(40-32)43(17-35-25)31-27(47)26(46)28(51-31)24-13-22(16-45)41-52-24/h1-8,12-13,17,20-21,26-28,31,44-47H,9-11,14-16H2,(H2,34,49,50)(H,36,39,40)(H2,37,38,48). The number of nitrogens with zero attached hydrogens (tertiary/aromatic N) is 6. The van der Waals surface area contributed by atoms with Gasteiger partial charge in [0.05, 0.1) is 30.5 Å². The maximum atomic E-state index is 12.9. The van der Waals surface area contributed by atoms with Crippen LogP contribution in [0, 0.1) is 0 Å². The SMILES string of the molecule is NS(=O)(=O)c1cccc(NC(=O)NC2CCN(c3nc(NC(CO)Cc4ccccc4)c4ncn(C5OC(c6cc(CO)no6)C(O)C5O)c4n3)C2)c1. The first-order chi connectivity index (χ1) is 25.5. The van der Waals surface area contributed by atoms with Gasteiger partial charge in [0.25, 0.3) is 0 Å². The first-order valence-corrected chi connectivity index (χ1v) is 18.2. The molecule has 6 unspecified atom stereocenters. The molecule has 0 spiro atoms. The second kappa shape index (κ2) is 15.0. The predicted molar refractivity (Wildman–Crippen MR) is 188 cm³/mol. The molecule has 19 nitrogen and oxygen atoms in total. The van der Waals surface area contributed by atoms with Gasteiger partial charge in [0, 0.05) is 30.9 Å². The minimum Gasteiger partial charge on any atom is -0.394 e. The molecule has 280 valence electrons. The van der Waals surface area contributed by atoms with Crippen LogP contribution in [0.15, 0.2) is 76.4 Å². The molecule has 0 aliphatic carbocycles. The van der Waals surface area contributed by atoms with Crippen molar-refractivity contribution in [3.8, 4) is 0 Å². The number of carbonyl (C=O) groups is 1. The third-order valence-corrected chi connectivity index (χ3v) is 9.97. The van der Waals surface area contributed by atoms with Crippen molar-refractivity contribution in [2.45, 2.75) is 61.0 Å². The fraction of sp³-hybridized carbons (Fsp3) is 0.364. The van der Waals surface area contributed by atoms with Crippen molar-refractivity contribution in [3.63, 3.8) is 0 Å². The van der Waals surface area contributed by atoms with Crippen LogP contribution in [0.4, 0.5) is 22.2 Å². The van der Waals surface area contributed by atoms with Crippen molar-refractivity contribution in [1.82, 2.24) is 30.0 Å². The summed E-state index contributed by atoms with van der Waals surface area (Å²) in [4.78, 5) is 28.7. The van der Waals surface area contributed by atoms with Crippen LogP contribution < -0.4 is 26.0 Å². The van der Waals surface area contributed by atoms with Gasteiger partial charge in [0.15, 0.2) is 29.0 Å². The van der Waals surface area contributed by atoms with Crippen molar-refractivity contribution in [1.29, 1.82) is 0 Å². The van der Waals surface area contributed by atoms with E-state index in [0.717, 1.165) is 5.56 Å². The topological polar surface area (TPSA) is 276 Å². The lowest BCUT2D eigenvalue weighted by molar-refractivity contribution is -0.0434. The Hall–Kier alpha value is -5.22. The van der Waals surface area contributed by atoms with Crippen LogP contribution in [-0.4, -0.2) is 104 Å². The number of nitrogens with one attached hydrogen (secondary N) is 3. The molecule has 2 saturated heterocycles. The number of anilines is 3. The first kappa shape index (κ1) is 36.2. The highest BCUT2D eigenvalue weighted by atomic mass is 32.2. The van der Waals surface area contributed by atoms with Crippen LogP contribution in [0.3, 0.4) is 0 Å². The predicted octanol–water partition coefficient (Wildman–Crippen LogP) is 0.362. The molecule has 7 rings (SSSR count). The van der Waals surface area contributed by atoms with Gasteiger partial charge in [-0.15, -0.1) is 0 Å². The normalized spacial score (nSPS) is 22.3. The Kier molecular flexibility index (Phi) is 10.2. The highest BCUT2D eigenvalue weighted by Crippen LogP contribution is 2.40. The smallest absolute Gasteiger partial charge is 0.319 e. The highest BCUT2D eigenvalue weighted by Gasteiger charge is 2.47. The Morgan fingerprint density at radius 1 is 1.06 bits per heavy atom. The Morgan fingerprint density at radius 2 is 1.87 bits per heavy atom. The van der Waals surface area contributed by atoms with E-state index < -0.39 is 46.6 Å². The highest BCUT2D eigenvalue weighted by molar-refractivity contribution is 7.89. The summed E-state index contributed by atoms with van der Waals surface area (Å²) in [6.07, 6.45) is -2.74. The van der Waals surface area contributed by atoms with E-state index in [-0.39, 0.29) is 52.9 Å². The molecule has 2 fully saturated rings. The molecule has 2 aromatic carbocycles. The Labute approximate surface area is 302 Å². The van der Waals surface area contributed by atoms with E-state index in [2.05, 4.69) is 26.1 Å². The van der Waals surface area contributed by atoms with Crippen LogP contribution in [0.5, 0.6) is 0 Å². The Bertz CT molecular complexity index is 2180. The first-order valence-electron chi connectivity index (χ1n) is 16.7. The van der Waals surface area contributed by atoms with Gasteiger partial charge >= 0.3 is 6.03 Å². The number of fused-ring (bicyclic) bond motifs is 1. The van der Waals surface area contributed by atoms with Crippen LogP contribution in [-0.2, 0) is 27.8 Å². The number of sulfonamides is 1. The van der Waals surface area contributed by atoms with Gasteiger partial charge in [-0.05, 0) is 36.6 Å². The molecular weight excluding hydrogens is 712 g/mol. The van der Waals surface area contributed by atoms with Gasteiger partial charge in [0.2, 0.25) is 16.0 Å². The summed E-state index contributed by atoms with van der Waals surface area (Å²) in [5, 5.41) is 59.6. The molecule has 5 heterocycles. The van der Waals surface area contributed by atoms with E-state index in [9.17, 15) is 33.6 Å². The molecule has 2 amide bonds. The van der Waals surface area contributed by atoms with Crippen molar-refractivity contribution >= 4 is 44.7 Å². The number of ether oxygens (including phenoxy) is 1. The lowest BCUT2D eigenvalue weighted by atomic mass is 10.1. The number of aliphatic hydroxyl groups excluding tert-OH is 4. The molecule has 53 heavy (non-hydrogen) atoms. The Morgan fingerprint density at radius 3 is 2.60 bits per heavy atom. The Balaban J connectivity index is 1.15. The number of rotatable bonds is 12. The molecular formula is C33H38N10O9S. The van der Waals surface area contributed by atoms with E-state index in [1.165, 1.54) is 41.2 Å². The van der Waals surface area contributed by atoms with E-state index in [4.69, 9.17) is 24.4 Å². The summed E-state index contributed by atoms with van der Waals surface area (Å²) in [6.45, 7) is 0.137. The summed E-state index contributed by atoms with van der Waals surface area (Å²) < 4.78 is 36.3. The lowest BCUT2D eigenvalue weighted by Crippen LogP contribution is -2.40. The minimum absolute atomic E-state index is 0.119. The maximum Gasteiger partial charge on any atom is 0.319 e. The molecule has 20 heteroatoms. The number of nitrogens with two attached hydrogens (primary N) is 1. The number of aliphatic hydroxyl groups is 4. The van der Waals surface area contributed by atoms with Gasteiger partial charge in [-0.25, -0.2) is 23.3 Å². The third kappa shape index (κ3) is 7.78. The number of carbonyl (C=O) groups excluding carboxylic acids is 1. The second-order valence-corrected chi connectivity index (χ2v) is 14.4. The summed E-state index contributed by atoms with van der Waals surface area (Å²) in [5.74, 6) is 0.680. The van der Waals surface area contributed by atoms with E-state index in [1.54, 1.807) is 0 Å². The zero-order chi connectivity index (χ0) is 37.3. The summed E-state index contributed by atoms with van der Waals surface area (Å²) in [7, 11) is -3.96. The van der Waals surface area contributed by atoms with E-state index in [1.807, 2.05) is 35.2 Å². The van der Waals surface area contributed by atoms with Crippen LogP contribution in [0.2, 0.25) is 0 Å². The number of aromatic nitrogens is 5. The third-order valence-electron chi connectivity index (χ3n) is 9.05. The number of primary sulfonamides is 1. The number of hydrogen-bond donors (Lipinski definition) is 8. The number of imidazole rings is 1. The molecule has 0 saturated carbocycles. The van der Waals surface area contributed by atoms with Crippen molar-refractivity contribution in [3.05, 3.63) is 84.0 Å². The van der Waals surface area contributed by atoms with Crippen molar-refractivity contribution < 1.29 is 42.9 Å².